The lowest BCUT2D eigenvalue weighted by atomic mass is 10.1. The van der Waals surface area contributed by atoms with E-state index in [-0.39, 0.29) is 11.4 Å². The number of hydrogen-bond acceptors (Lipinski definition) is 4. The number of anilines is 1. The number of fused-ring (bicyclic) bond motifs is 1. The molecule has 7 heteroatoms. The van der Waals surface area contributed by atoms with Crippen molar-refractivity contribution in [2.45, 2.75) is 45.1 Å². The van der Waals surface area contributed by atoms with Crippen LogP contribution in [0, 0.1) is 0 Å². The highest BCUT2D eigenvalue weighted by atomic mass is 16.2. The van der Waals surface area contributed by atoms with Crippen LogP contribution in [-0.4, -0.2) is 30.3 Å². The third-order valence-electron chi connectivity index (χ3n) is 4.13. The van der Waals surface area contributed by atoms with Gasteiger partial charge in [-0.15, -0.1) is 0 Å². The van der Waals surface area contributed by atoms with Crippen molar-refractivity contribution in [3.05, 3.63) is 42.0 Å². The molecule has 0 saturated heterocycles. The van der Waals surface area contributed by atoms with Crippen LogP contribution < -0.4 is 5.32 Å². The molecule has 0 aromatic carbocycles. The van der Waals surface area contributed by atoms with Crippen molar-refractivity contribution < 1.29 is 4.79 Å². The first kappa shape index (κ1) is 14.9. The minimum atomic E-state index is -0.233. The van der Waals surface area contributed by atoms with Gasteiger partial charge in [0, 0.05) is 23.9 Å². The number of amides is 1. The first-order chi connectivity index (χ1) is 11.4. The van der Waals surface area contributed by atoms with E-state index in [1.54, 1.807) is 29.0 Å². The molecule has 0 unspecified atom stereocenters. The molecule has 1 saturated carbocycles. The molecule has 0 atom stereocenters. The minimum absolute atomic E-state index is 0.150. The van der Waals surface area contributed by atoms with Gasteiger partial charge < -0.3 is 5.32 Å². The Balaban J connectivity index is 1.66. The highest BCUT2D eigenvalue weighted by Gasteiger charge is 2.32. The summed E-state index contributed by atoms with van der Waals surface area (Å²) < 4.78 is 3.58. The highest BCUT2D eigenvalue weighted by molar-refractivity contribution is 6.02. The van der Waals surface area contributed by atoms with Crippen molar-refractivity contribution in [2.24, 2.45) is 0 Å². The maximum Gasteiger partial charge on any atom is 0.277 e. The smallest absolute Gasteiger partial charge is 0.277 e. The second-order valence-electron chi connectivity index (χ2n) is 7.20. The Hall–Kier alpha value is -2.70. The van der Waals surface area contributed by atoms with Gasteiger partial charge in [-0.2, -0.15) is 14.7 Å². The molecule has 3 aromatic heterocycles. The number of nitrogens with zero attached hydrogens (tertiary/aromatic N) is 5. The average Bonchev–Trinajstić information content (AvgIpc) is 3.08. The predicted molar refractivity (Wildman–Crippen MR) is 90.1 cm³/mol. The van der Waals surface area contributed by atoms with E-state index in [1.807, 2.05) is 10.7 Å². The van der Waals surface area contributed by atoms with Gasteiger partial charge in [0.15, 0.2) is 11.3 Å². The SMILES string of the molecule is CC(C)(C)n1nc(C(=O)Nc2ccnc3ccnn23)cc1C1CC1. The zero-order valence-corrected chi connectivity index (χ0v) is 14.0. The molecule has 1 aliphatic carbocycles. The zero-order chi connectivity index (χ0) is 16.9. The van der Waals surface area contributed by atoms with E-state index in [9.17, 15) is 4.79 Å². The average molecular weight is 324 g/mol. The second kappa shape index (κ2) is 5.15. The van der Waals surface area contributed by atoms with Gasteiger partial charge in [0.2, 0.25) is 0 Å². The summed E-state index contributed by atoms with van der Waals surface area (Å²) in [6.07, 6.45) is 5.63. The molecule has 0 radical (unpaired) electrons. The number of hydrogen-bond donors (Lipinski definition) is 1. The third-order valence-corrected chi connectivity index (χ3v) is 4.13. The zero-order valence-electron chi connectivity index (χ0n) is 14.0. The van der Waals surface area contributed by atoms with Gasteiger partial charge in [-0.1, -0.05) is 0 Å². The number of aromatic nitrogens is 5. The van der Waals surface area contributed by atoms with E-state index in [2.05, 4.69) is 41.3 Å². The molecule has 1 aliphatic rings. The van der Waals surface area contributed by atoms with Gasteiger partial charge >= 0.3 is 0 Å². The maximum absolute atomic E-state index is 12.7. The first-order valence-electron chi connectivity index (χ1n) is 8.14. The Morgan fingerprint density at radius 2 is 2.04 bits per heavy atom. The molecule has 0 bridgehead atoms. The van der Waals surface area contributed by atoms with E-state index in [4.69, 9.17) is 0 Å². The van der Waals surface area contributed by atoms with Crippen LogP contribution >= 0.6 is 0 Å². The summed E-state index contributed by atoms with van der Waals surface area (Å²) in [6.45, 7) is 6.30. The van der Waals surface area contributed by atoms with Crippen LogP contribution in [-0.2, 0) is 5.54 Å². The molecule has 1 amide bonds. The van der Waals surface area contributed by atoms with Crippen LogP contribution in [0.25, 0.3) is 5.65 Å². The Morgan fingerprint density at radius 3 is 2.75 bits per heavy atom. The molecule has 24 heavy (non-hydrogen) atoms. The fraction of sp³-hybridized carbons (Fsp3) is 0.412. The van der Waals surface area contributed by atoms with Crippen LogP contribution in [0.3, 0.4) is 0 Å². The summed E-state index contributed by atoms with van der Waals surface area (Å²) in [6, 6.07) is 5.43. The summed E-state index contributed by atoms with van der Waals surface area (Å²) in [7, 11) is 0. The van der Waals surface area contributed by atoms with Gasteiger partial charge in [0.05, 0.1) is 11.7 Å². The van der Waals surface area contributed by atoms with Crippen molar-refractivity contribution in [3.8, 4) is 0 Å². The van der Waals surface area contributed by atoms with E-state index < -0.39 is 0 Å². The molecule has 1 fully saturated rings. The number of carbonyl (C=O) groups excluding carboxylic acids is 1. The van der Waals surface area contributed by atoms with Crippen LogP contribution in [0.5, 0.6) is 0 Å². The fourth-order valence-corrected chi connectivity index (χ4v) is 2.82. The topological polar surface area (TPSA) is 77.1 Å². The lowest BCUT2D eigenvalue weighted by Gasteiger charge is -2.22. The monoisotopic (exact) mass is 324 g/mol. The molecule has 3 aromatic rings. The van der Waals surface area contributed by atoms with Gasteiger partial charge in [-0.3, -0.25) is 9.48 Å². The number of rotatable bonds is 3. The van der Waals surface area contributed by atoms with Gasteiger partial charge in [0.25, 0.3) is 5.91 Å². The quantitative estimate of drug-likeness (QED) is 0.803. The van der Waals surface area contributed by atoms with Crippen LogP contribution in [0.15, 0.2) is 30.6 Å². The van der Waals surface area contributed by atoms with Crippen molar-refractivity contribution in [2.75, 3.05) is 5.32 Å². The molecule has 0 aliphatic heterocycles. The van der Waals surface area contributed by atoms with E-state index in [0.29, 0.717) is 23.1 Å². The number of nitrogens with one attached hydrogen (secondary N) is 1. The lowest BCUT2D eigenvalue weighted by molar-refractivity contribution is 0.102. The standard InChI is InChI=1S/C17H20N6O/c1-17(2,3)23-13(11-4-5-11)10-12(21-23)16(24)20-15-6-8-18-14-7-9-19-22(14)15/h6-11H,4-5H2,1-3H3,(H,20,24). The summed E-state index contributed by atoms with van der Waals surface area (Å²) >= 11 is 0. The minimum Gasteiger partial charge on any atom is -0.305 e. The Bertz CT molecular complexity index is 913. The van der Waals surface area contributed by atoms with Crippen LogP contribution in [0.1, 0.15) is 55.7 Å². The molecule has 4 rings (SSSR count). The molecule has 0 spiro atoms. The molecule has 124 valence electrons. The summed E-state index contributed by atoms with van der Waals surface area (Å²) in [5.74, 6) is 0.869. The van der Waals surface area contributed by atoms with Crippen molar-refractivity contribution in [1.29, 1.82) is 0 Å². The van der Waals surface area contributed by atoms with Crippen LogP contribution in [0.2, 0.25) is 0 Å². The molecule has 1 N–H and O–H groups in total. The van der Waals surface area contributed by atoms with E-state index in [0.717, 1.165) is 5.69 Å². The van der Waals surface area contributed by atoms with Gasteiger partial charge in [-0.05, 0) is 45.7 Å². The third kappa shape index (κ3) is 2.55. The molecule has 7 nitrogen and oxygen atoms in total. The summed E-state index contributed by atoms with van der Waals surface area (Å²) in [4.78, 5) is 16.9. The number of carbonyl (C=O) groups is 1. The van der Waals surface area contributed by atoms with Crippen LogP contribution in [0.4, 0.5) is 5.82 Å². The molecular formula is C17H20N6O. The fourth-order valence-electron chi connectivity index (χ4n) is 2.82. The van der Waals surface area contributed by atoms with Crippen molar-refractivity contribution in [1.82, 2.24) is 24.4 Å². The van der Waals surface area contributed by atoms with E-state index >= 15 is 0 Å². The Labute approximate surface area is 139 Å². The predicted octanol–water partition coefficient (Wildman–Crippen LogP) is 2.81. The Morgan fingerprint density at radius 1 is 1.25 bits per heavy atom. The Kier molecular flexibility index (Phi) is 3.19. The highest BCUT2D eigenvalue weighted by Crippen LogP contribution is 2.41. The maximum atomic E-state index is 12.7. The van der Waals surface area contributed by atoms with E-state index in [1.165, 1.54) is 12.8 Å². The lowest BCUT2D eigenvalue weighted by Crippen LogP contribution is -2.26. The summed E-state index contributed by atoms with van der Waals surface area (Å²) in [5.41, 5.74) is 2.12. The second-order valence-corrected chi connectivity index (χ2v) is 7.20. The van der Waals surface area contributed by atoms with Crippen molar-refractivity contribution in [3.63, 3.8) is 0 Å². The first-order valence-corrected chi connectivity index (χ1v) is 8.14. The molecule has 3 heterocycles. The van der Waals surface area contributed by atoms with Crippen molar-refractivity contribution >= 4 is 17.4 Å². The van der Waals surface area contributed by atoms with Gasteiger partial charge in [-0.25, -0.2) is 4.98 Å². The normalized spacial score (nSPS) is 15.0. The molecular weight excluding hydrogens is 304 g/mol. The largest absolute Gasteiger partial charge is 0.305 e. The van der Waals surface area contributed by atoms with Gasteiger partial charge in [0.1, 0.15) is 5.82 Å². The summed E-state index contributed by atoms with van der Waals surface area (Å²) in [5, 5.41) is 11.6.